The van der Waals surface area contributed by atoms with Crippen LogP contribution in [0.25, 0.3) is 5.57 Å². The number of fused-ring (bicyclic) bond motifs is 2. The summed E-state index contributed by atoms with van der Waals surface area (Å²) in [6.07, 6.45) is 4.66. The van der Waals surface area contributed by atoms with Gasteiger partial charge in [0.25, 0.3) is 0 Å². The maximum absolute atomic E-state index is 13.6. The zero-order chi connectivity index (χ0) is 19.0. The first-order valence-corrected chi connectivity index (χ1v) is 9.50. The first-order valence-electron chi connectivity index (χ1n) is 9.50. The van der Waals surface area contributed by atoms with E-state index in [9.17, 15) is 9.18 Å². The zero-order valence-electron chi connectivity index (χ0n) is 15.7. The van der Waals surface area contributed by atoms with Crippen molar-refractivity contribution in [2.75, 3.05) is 0 Å². The molecule has 140 valence electrons. The van der Waals surface area contributed by atoms with Crippen LogP contribution in [-0.2, 0) is 11.3 Å². The van der Waals surface area contributed by atoms with E-state index in [0.717, 1.165) is 41.5 Å². The molecule has 0 N–H and O–H groups in total. The van der Waals surface area contributed by atoms with Crippen LogP contribution >= 0.6 is 0 Å². The topological polar surface area (TPSA) is 29.5 Å². The molecule has 1 fully saturated rings. The average molecular weight is 365 g/mol. The smallest absolute Gasteiger partial charge is 0.410 e. The van der Waals surface area contributed by atoms with Crippen LogP contribution in [0, 0.1) is 19.7 Å². The van der Waals surface area contributed by atoms with Crippen LogP contribution in [0.5, 0.6) is 0 Å². The van der Waals surface area contributed by atoms with Crippen LogP contribution in [0.4, 0.5) is 9.18 Å². The highest BCUT2D eigenvalue weighted by Crippen LogP contribution is 2.40. The Kier molecular flexibility index (Phi) is 4.73. The number of carbonyl (C=O) groups excluding carboxylic acids is 1. The summed E-state index contributed by atoms with van der Waals surface area (Å²) in [7, 11) is 0. The normalized spacial score (nSPS) is 21.1. The van der Waals surface area contributed by atoms with Gasteiger partial charge in [-0.15, -0.1) is 0 Å². The summed E-state index contributed by atoms with van der Waals surface area (Å²) >= 11 is 0. The fraction of sp³-hybridized carbons (Fsp3) is 0.348. The predicted molar refractivity (Wildman–Crippen MR) is 104 cm³/mol. The van der Waals surface area contributed by atoms with Gasteiger partial charge in [-0.2, -0.15) is 0 Å². The second-order valence-electron chi connectivity index (χ2n) is 7.56. The van der Waals surface area contributed by atoms with Gasteiger partial charge >= 0.3 is 6.09 Å². The fourth-order valence-electron chi connectivity index (χ4n) is 4.51. The molecule has 2 aliphatic heterocycles. The van der Waals surface area contributed by atoms with Crippen LogP contribution in [0.15, 0.2) is 48.5 Å². The second kappa shape index (κ2) is 7.18. The molecule has 1 amide bonds. The van der Waals surface area contributed by atoms with Crippen LogP contribution < -0.4 is 0 Å². The lowest BCUT2D eigenvalue weighted by molar-refractivity contribution is 0.0832. The Hall–Kier alpha value is -2.62. The standard InChI is InChI=1S/C23H24FNO2/c1-15-10-19(24)11-16(2)22(15)18-12-20-8-9-21(13-18)25(20)23(26)27-14-17-6-4-3-5-7-17/h3-7,10-12,20-21H,8-9,13-14H2,1-2H3. The molecule has 0 aliphatic carbocycles. The highest BCUT2D eigenvalue weighted by molar-refractivity contribution is 5.77. The summed E-state index contributed by atoms with van der Waals surface area (Å²) in [6.45, 7) is 4.20. The van der Waals surface area contributed by atoms with Crippen molar-refractivity contribution in [3.05, 3.63) is 76.6 Å². The van der Waals surface area contributed by atoms with Gasteiger partial charge < -0.3 is 4.74 Å². The molecule has 2 aliphatic rings. The van der Waals surface area contributed by atoms with E-state index in [4.69, 9.17) is 4.74 Å². The third-order valence-corrected chi connectivity index (χ3v) is 5.63. The maximum Gasteiger partial charge on any atom is 0.410 e. The van der Waals surface area contributed by atoms with Crippen molar-refractivity contribution in [3.63, 3.8) is 0 Å². The lowest BCUT2D eigenvalue weighted by Gasteiger charge is -2.34. The SMILES string of the molecule is Cc1cc(F)cc(C)c1C1=CC2CCC(C1)N2C(=O)OCc1ccccc1. The summed E-state index contributed by atoms with van der Waals surface area (Å²) in [5, 5.41) is 0. The minimum absolute atomic E-state index is 0.0610. The van der Waals surface area contributed by atoms with Gasteiger partial charge in [0.05, 0.1) is 6.04 Å². The first-order chi connectivity index (χ1) is 13.0. The Morgan fingerprint density at radius 2 is 1.85 bits per heavy atom. The molecule has 2 atom stereocenters. The van der Waals surface area contributed by atoms with Crippen molar-refractivity contribution >= 4 is 11.7 Å². The lowest BCUT2D eigenvalue weighted by Crippen LogP contribution is -2.43. The number of benzene rings is 2. The Morgan fingerprint density at radius 1 is 1.15 bits per heavy atom. The molecule has 0 saturated carbocycles. The van der Waals surface area contributed by atoms with Crippen molar-refractivity contribution in [1.82, 2.24) is 4.90 Å². The van der Waals surface area contributed by atoms with E-state index in [2.05, 4.69) is 6.08 Å². The maximum atomic E-state index is 13.6. The predicted octanol–water partition coefficient (Wildman–Crippen LogP) is 5.40. The number of ether oxygens (including phenoxy) is 1. The van der Waals surface area contributed by atoms with E-state index >= 15 is 0 Å². The number of nitrogens with zero attached hydrogens (tertiary/aromatic N) is 1. The van der Waals surface area contributed by atoms with Crippen molar-refractivity contribution < 1.29 is 13.9 Å². The highest BCUT2D eigenvalue weighted by Gasteiger charge is 2.41. The average Bonchev–Trinajstić information content (AvgIpc) is 2.90. The Labute approximate surface area is 159 Å². The van der Waals surface area contributed by atoms with E-state index in [1.54, 1.807) is 12.1 Å². The van der Waals surface area contributed by atoms with E-state index in [1.807, 2.05) is 49.1 Å². The Morgan fingerprint density at radius 3 is 2.52 bits per heavy atom. The van der Waals surface area contributed by atoms with Gasteiger partial charge in [0.2, 0.25) is 0 Å². The molecule has 27 heavy (non-hydrogen) atoms. The number of carbonyl (C=O) groups is 1. The molecule has 0 spiro atoms. The number of aryl methyl sites for hydroxylation is 2. The molecule has 0 radical (unpaired) electrons. The van der Waals surface area contributed by atoms with Crippen LogP contribution in [0.2, 0.25) is 0 Å². The van der Waals surface area contributed by atoms with Gasteiger partial charge in [0, 0.05) is 6.04 Å². The van der Waals surface area contributed by atoms with E-state index in [0.29, 0.717) is 6.61 Å². The summed E-state index contributed by atoms with van der Waals surface area (Å²) in [4.78, 5) is 14.6. The number of hydrogen-bond donors (Lipinski definition) is 0. The first kappa shape index (κ1) is 17.8. The number of hydrogen-bond acceptors (Lipinski definition) is 2. The molecule has 4 rings (SSSR count). The number of rotatable bonds is 3. The molecule has 4 heteroatoms. The summed E-state index contributed by atoms with van der Waals surface area (Å²) < 4.78 is 19.2. The number of amides is 1. The quantitative estimate of drug-likeness (QED) is 0.729. The lowest BCUT2D eigenvalue weighted by atomic mass is 9.89. The Balaban J connectivity index is 1.52. The molecule has 1 saturated heterocycles. The van der Waals surface area contributed by atoms with E-state index < -0.39 is 0 Å². The van der Waals surface area contributed by atoms with Gasteiger partial charge in [-0.3, -0.25) is 4.90 Å². The largest absolute Gasteiger partial charge is 0.445 e. The summed E-state index contributed by atoms with van der Waals surface area (Å²) in [5.74, 6) is -0.195. The second-order valence-corrected chi connectivity index (χ2v) is 7.56. The van der Waals surface area contributed by atoms with Crippen molar-refractivity contribution in [1.29, 1.82) is 0 Å². The van der Waals surface area contributed by atoms with Crippen molar-refractivity contribution in [2.24, 2.45) is 0 Å². The van der Waals surface area contributed by atoms with Crippen LogP contribution in [0.1, 0.15) is 41.5 Å². The molecule has 2 aromatic rings. The molecule has 2 aromatic carbocycles. The molecule has 3 nitrogen and oxygen atoms in total. The summed E-state index contributed by atoms with van der Waals surface area (Å²) in [5.41, 5.74) is 5.26. The molecule has 2 unspecified atom stereocenters. The van der Waals surface area contributed by atoms with Crippen LogP contribution in [-0.4, -0.2) is 23.1 Å². The van der Waals surface area contributed by atoms with Gasteiger partial charge in [-0.1, -0.05) is 36.4 Å². The minimum Gasteiger partial charge on any atom is -0.445 e. The molecular formula is C23H24FNO2. The summed E-state index contributed by atoms with van der Waals surface area (Å²) in [6, 6.07) is 13.1. The van der Waals surface area contributed by atoms with E-state index in [-0.39, 0.29) is 24.0 Å². The van der Waals surface area contributed by atoms with E-state index in [1.165, 1.54) is 5.57 Å². The van der Waals surface area contributed by atoms with Crippen molar-refractivity contribution in [3.8, 4) is 0 Å². The van der Waals surface area contributed by atoms with Gasteiger partial charge in [-0.25, -0.2) is 9.18 Å². The number of halogens is 1. The van der Waals surface area contributed by atoms with Crippen LogP contribution in [0.3, 0.4) is 0 Å². The molecule has 2 heterocycles. The molecule has 0 aromatic heterocycles. The fourth-order valence-corrected chi connectivity index (χ4v) is 4.51. The van der Waals surface area contributed by atoms with Gasteiger partial charge in [0.15, 0.2) is 0 Å². The van der Waals surface area contributed by atoms with Crippen molar-refractivity contribution in [2.45, 2.75) is 51.8 Å². The van der Waals surface area contributed by atoms with Gasteiger partial charge in [-0.05, 0) is 73.1 Å². The Bertz CT molecular complexity index is 868. The zero-order valence-corrected chi connectivity index (χ0v) is 15.7. The third kappa shape index (κ3) is 3.48. The van der Waals surface area contributed by atoms with Gasteiger partial charge in [0.1, 0.15) is 12.4 Å². The molecular weight excluding hydrogens is 341 g/mol. The minimum atomic E-state index is -0.241. The monoisotopic (exact) mass is 365 g/mol. The highest BCUT2D eigenvalue weighted by atomic mass is 19.1. The molecule has 2 bridgehead atoms. The third-order valence-electron chi connectivity index (χ3n) is 5.63.